The third kappa shape index (κ3) is 3.68. The summed E-state index contributed by atoms with van der Waals surface area (Å²) in [4.78, 5) is 17.5. The molecule has 0 aromatic carbocycles. The monoisotopic (exact) mass is 343 g/mol. The van der Waals surface area contributed by atoms with Crippen LogP contribution >= 0.6 is 23.2 Å². The smallest absolute Gasteiger partial charge is 0.321 e. The maximum absolute atomic E-state index is 12.0. The van der Waals surface area contributed by atoms with Gasteiger partial charge in [0.05, 0.1) is 40.8 Å². The van der Waals surface area contributed by atoms with E-state index >= 15 is 0 Å². The Hall–Kier alpha value is -1.83. The fourth-order valence-corrected chi connectivity index (χ4v) is 2.08. The Morgan fingerprint density at radius 1 is 1.50 bits per heavy atom. The van der Waals surface area contributed by atoms with Gasteiger partial charge in [0.25, 0.3) is 0 Å². The van der Waals surface area contributed by atoms with Crippen molar-refractivity contribution in [3.8, 4) is 5.82 Å². The van der Waals surface area contributed by atoms with Gasteiger partial charge in [-0.3, -0.25) is 0 Å². The van der Waals surface area contributed by atoms with Gasteiger partial charge in [-0.25, -0.2) is 14.5 Å². The van der Waals surface area contributed by atoms with E-state index in [1.807, 2.05) is 0 Å². The van der Waals surface area contributed by atoms with Gasteiger partial charge in [-0.1, -0.05) is 23.2 Å². The van der Waals surface area contributed by atoms with Crippen LogP contribution in [0.1, 0.15) is 6.92 Å². The van der Waals surface area contributed by atoms with Gasteiger partial charge in [0, 0.05) is 13.2 Å². The number of aliphatic hydroxyl groups is 1. The molecule has 0 radical (unpaired) electrons. The number of carbonyl (C=O) groups excluding carboxylic acids is 1. The predicted molar refractivity (Wildman–Crippen MR) is 84.7 cm³/mol. The molecule has 118 valence electrons. The largest absolute Gasteiger partial charge is 0.394 e. The van der Waals surface area contributed by atoms with Gasteiger partial charge in [-0.15, -0.1) is 0 Å². The van der Waals surface area contributed by atoms with Crippen LogP contribution in [0.4, 0.5) is 10.5 Å². The first-order chi connectivity index (χ1) is 10.4. The minimum absolute atomic E-state index is 0.118. The molecule has 0 saturated carbocycles. The zero-order valence-corrected chi connectivity index (χ0v) is 13.5. The van der Waals surface area contributed by atoms with Crippen molar-refractivity contribution in [1.29, 1.82) is 0 Å². The molecule has 0 aliphatic heterocycles. The van der Waals surface area contributed by atoms with Gasteiger partial charge < -0.3 is 15.3 Å². The Kier molecular flexibility index (Phi) is 5.23. The molecule has 2 aromatic rings. The van der Waals surface area contributed by atoms with Crippen molar-refractivity contribution in [2.75, 3.05) is 19.0 Å². The topological polar surface area (TPSA) is 83.3 Å². The molecule has 22 heavy (non-hydrogen) atoms. The molecule has 0 aliphatic carbocycles. The maximum atomic E-state index is 12.0. The first-order valence-electron chi connectivity index (χ1n) is 6.43. The van der Waals surface area contributed by atoms with Crippen LogP contribution in [0.2, 0.25) is 10.0 Å². The third-order valence-corrected chi connectivity index (χ3v) is 3.57. The first-order valence-corrected chi connectivity index (χ1v) is 7.18. The van der Waals surface area contributed by atoms with Crippen LogP contribution in [0, 0.1) is 0 Å². The fraction of sp³-hybridized carbons (Fsp3) is 0.308. The molecule has 1 atom stereocenters. The second-order valence-corrected chi connectivity index (χ2v) is 5.55. The number of hydrogen-bond donors (Lipinski definition) is 2. The van der Waals surface area contributed by atoms with E-state index in [9.17, 15) is 4.79 Å². The summed E-state index contributed by atoms with van der Waals surface area (Å²) >= 11 is 11.9. The third-order valence-electron chi connectivity index (χ3n) is 3.08. The Morgan fingerprint density at radius 3 is 2.86 bits per heavy atom. The summed E-state index contributed by atoms with van der Waals surface area (Å²) in [6.07, 6.45) is 4.51. The Bertz CT molecular complexity index is 676. The lowest BCUT2D eigenvalue weighted by atomic mass is 10.3. The second kappa shape index (κ2) is 6.95. The lowest BCUT2D eigenvalue weighted by molar-refractivity contribution is 0.166. The van der Waals surface area contributed by atoms with Gasteiger partial charge in [-0.05, 0) is 13.0 Å². The normalized spacial score (nSPS) is 12.0. The molecule has 2 amide bonds. The van der Waals surface area contributed by atoms with Crippen molar-refractivity contribution >= 4 is 34.9 Å². The maximum Gasteiger partial charge on any atom is 0.321 e. The van der Waals surface area contributed by atoms with Crippen LogP contribution in [0.5, 0.6) is 0 Å². The van der Waals surface area contributed by atoms with Crippen molar-refractivity contribution in [2.24, 2.45) is 0 Å². The van der Waals surface area contributed by atoms with Gasteiger partial charge >= 0.3 is 6.03 Å². The van der Waals surface area contributed by atoms with Crippen molar-refractivity contribution in [3.63, 3.8) is 0 Å². The molecule has 9 heteroatoms. The molecular weight excluding hydrogens is 329 g/mol. The summed E-state index contributed by atoms with van der Waals surface area (Å²) in [5, 5.41) is 16.6. The number of pyridine rings is 1. The van der Waals surface area contributed by atoms with Crippen LogP contribution in [-0.4, -0.2) is 50.5 Å². The van der Waals surface area contributed by atoms with Crippen molar-refractivity contribution < 1.29 is 9.90 Å². The number of rotatable bonds is 4. The van der Waals surface area contributed by atoms with Crippen molar-refractivity contribution in [3.05, 3.63) is 34.7 Å². The number of hydrogen-bond acceptors (Lipinski definition) is 4. The number of aromatic nitrogens is 3. The van der Waals surface area contributed by atoms with Crippen LogP contribution in [0.3, 0.4) is 0 Å². The first kappa shape index (κ1) is 16.5. The average Bonchev–Trinajstić information content (AvgIpc) is 2.93. The molecule has 0 saturated heterocycles. The molecule has 1 unspecified atom stereocenters. The van der Waals surface area contributed by atoms with Crippen LogP contribution in [0.25, 0.3) is 5.82 Å². The summed E-state index contributed by atoms with van der Waals surface area (Å²) in [6.45, 7) is 1.62. The van der Waals surface area contributed by atoms with E-state index in [0.29, 0.717) is 21.6 Å². The Labute approximate surface area is 137 Å². The van der Waals surface area contributed by atoms with Crippen LogP contribution in [0.15, 0.2) is 24.7 Å². The highest BCUT2D eigenvalue weighted by Crippen LogP contribution is 2.22. The molecule has 7 nitrogen and oxygen atoms in total. The number of nitrogens with zero attached hydrogens (tertiary/aromatic N) is 4. The summed E-state index contributed by atoms with van der Waals surface area (Å²) < 4.78 is 1.43. The van der Waals surface area contributed by atoms with Gasteiger partial charge in [0.15, 0.2) is 5.82 Å². The zero-order valence-electron chi connectivity index (χ0n) is 12.0. The van der Waals surface area contributed by atoms with Crippen LogP contribution in [-0.2, 0) is 0 Å². The van der Waals surface area contributed by atoms with Crippen LogP contribution < -0.4 is 5.32 Å². The zero-order chi connectivity index (χ0) is 16.3. The molecular formula is C13H15Cl2N5O2. The van der Waals surface area contributed by atoms with E-state index in [4.69, 9.17) is 28.3 Å². The second-order valence-electron chi connectivity index (χ2n) is 4.71. The SMILES string of the molecule is CC(CO)N(C)C(=O)Nc1cnn(-c2ncc(Cl)cc2Cl)c1. The highest BCUT2D eigenvalue weighted by atomic mass is 35.5. The van der Waals surface area contributed by atoms with E-state index in [-0.39, 0.29) is 18.7 Å². The summed E-state index contributed by atoms with van der Waals surface area (Å²) in [5.74, 6) is 0.406. The number of aliphatic hydroxyl groups excluding tert-OH is 1. The number of urea groups is 1. The van der Waals surface area contributed by atoms with Gasteiger partial charge in [-0.2, -0.15) is 5.10 Å². The molecule has 0 spiro atoms. The van der Waals surface area contributed by atoms with E-state index in [1.165, 1.54) is 22.0 Å². The number of nitrogens with one attached hydrogen (secondary N) is 1. The molecule has 0 bridgehead atoms. The summed E-state index contributed by atoms with van der Waals surface area (Å²) in [6, 6.07) is 0.918. The average molecular weight is 344 g/mol. The van der Waals surface area contributed by atoms with E-state index in [2.05, 4.69) is 15.4 Å². The number of halogens is 2. The quantitative estimate of drug-likeness (QED) is 0.892. The van der Waals surface area contributed by atoms with Crippen molar-refractivity contribution in [1.82, 2.24) is 19.7 Å². The van der Waals surface area contributed by atoms with Crippen molar-refractivity contribution in [2.45, 2.75) is 13.0 Å². The molecule has 0 fully saturated rings. The number of likely N-dealkylation sites (N-methyl/N-ethyl adjacent to an activating group) is 1. The molecule has 2 aromatic heterocycles. The van der Waals surface area contributed by atoms with Gasteiger partial charge in [0.1, 0.15) is 0 Å². The Balaban J connectivity index is 2.13. The van der Waals surface area contributed by atoms with E-state index in [1.54, 1.807) is 26.2 Å². The molecule has 2 rings (SSSR count). The molecule has 2 N–H and O–H groups in total. The summed E-state index contributed by atoms with van der Waals surface area (Å²) in [5.41, 5.74) is 0.481. The number of anilines is 1. The van der Waals surface area contributed by atoms with E-state index in [0.717, 1.165) is 0 Å². The molecule has 0 aliphatic rings. The minimum atomic E-state index is -0.351. The highest BCUT2D eigenvalue weighted by molar-refractivity contribution is 6.35. The van der Waals surface area contributed by atoms with E-state index < -0.39 is 0 Å². The van der Waals surface area contributed by atoms with Gasteiger partial charge in [0.2, 0.25) is 0 Å². The highest BCUT2D eigenvalue weighted by Gasteiger charge is 2.16. The molecule has 2 heterocycles. The Morgan fingerprint density at radius 2 is 2.23 bits per heavy atom. The number of amides is 2. The lowest BCUT2D eigenvalue weighted by Gasteiger charge is -2.22. The standard InChI is InChI=1S/C13H15Cl2N5O2/c1-8(7-21)19(2)13(22)18-10-5-17-20(6-10)12-11(15)3-9(14)4-16-12/h3-6,8,21H,7H2,1-2H3,(H,18,22). The predicted octanol–water partition coefficient (Wildman–Crippen LogP) is 2.42. The lowest BCUT2D eigenvalue weighted by Crippen LogP contribution is -2.40. The summed E-state index contributed by atoms with van der Waals surface area (Å²) in [7, 11) is 1.60. The number of carbonyl (C=O) groups is 1. The fourth-order valence-electron chi connectivity index (χ4n) is 1.61. The minimum Gasteiger partial charge on any atom is -0.394 e.